The zero-order chi connectivity index (χ0) is 13.8. The summed E-state index contributed by atoms with van der Waals surface area (Å²) < 4.78 is 26.8. The molecule has 0 spiro atoms. The van der Waals surface area contributed by atoms with Gasteiger partial charge in [0.15, 0.2) is 0 Å². The van der Waals surface area contributed by atoms with Crippen LogP contribution < -0.4 is 5.32 Å². The van der Waals surface area contributed by atoms with Crippen molar-refractivity contribution in [2.24, 2.45) is 0 Å². The molecule has 100 valence electrons. The summed E-state index contributed by atoms with van der Waals surface area (Å²) in [5.41, 5.74) is 0.875. The lowest BCUT2D eigenvalue weighted by atomic mass is 10.1. The van der Waals surface area contributed by atoms with Crippen LogP contribution in [0.4, 0.5) is 14.5 Å². The van der Waals surface area contributed by atoms with E-state index < -0.39 is 11.9 Å². The average Bonchev–Trinajstić information content (AvgIpc) is 2.40. The van der Waals surface area contributed by atoms with Crippen LogP contribution in [0.25, 0.3) is 0 Å². The van der Waals surface area contributed by atoms with Crippen molar-refractivity contribution in [2.45, 2.75) is 6.10 Å². The Labute approximate surface area is 118 Å². The van der Waals surface area contributed by atoms with Crippen molar-refractivity contribution in [3.8, 4) is 0 Å². The van der Waals surface area contributed by atoms with Gasteiger partial charge < -0.3 is 10.4 Å². The van der Waals surface area contributed by atoms with Gasteiger partial charge in [0.1, 0.15) is 11.6 Å². The number of anilines is 1. The molecule has 2 nitrogen and oxygen atoms in total. The first-order valence-corrected chi connectivity index (χ1v) is 6.48. The van der Waals surface area contributed by atoms with Gasteiger partial charge in [-0.1, -0.05) is 18.2 Å². The van der Waals surface area contributed by atoms with Crippen LogP contribution in [-0.4, -0.2) is 11.7 Å². The topological polar surface area (TPSA) is 32.3 Å². The third-order valence-corrected chi connectivity index (χ3v) is 3.29. The van der Waals surface area contributed by atoms with E-state index >= 15 is 0 Å². The fraction of sp³-hybridized carbons (Fsp3) is 0.143. The first-order chi connectivity index (χ1) is 9.08. The molecule has 2 aromatic carbocycles. The SMILES string of the molecule is OC(CNc1ccc(F)c(Br)c1)c1ccccc1F. The molecule has 0 heterocycles. The highest BCUT2D eigenvalue weighted by molar-refractivity contribution is 9.10. The van der Waals surface area contributed by atoms with Crippen molar-refractivity contribution in [1.82, 2.24) is 0 Å². The number of aliphatic hydroxyl groups is 1. The predicted octanol–water partition coefficient (Wildman–Crippen LogP) is 3.87. The average molecular weight is 328 g/mol. The van der Waals surface area contributed by atoms with Gasteiger partial charge in [0.2, 0.25) is 0 Å². The zero-order valence-corrected chi connectivity index (χ0v) is 11.5. The second kappa shape index (κ2) is 6.12. The maximum absolute atomic E-state index is 13.4. The summed E-state index contributed by atoms with van der Waals surface area (Å²) >= 11 is 3.07. The van der Waals surface area contributed by atoms with E-state index in [9.17, 15) is 13.9 Å². The Morgan fingerprint density at radius 1 is 1.11 bits per heavy atom. The summed E-state index contributed by atoms with van der Waals surface area (Å²) in [6.07, 6.45) is -0.968. The van der Waals surface area contributed by atoms with Crippen molar-refractivity contribution < 1.29 is 13.9 Å². The van der Waals surface area contributed by atoms with Gasteiger partial charge in [-0.3, -0.25) is 0 Å². The van der Waals surface area contributed by atoms with Gasteiger partial charge in [-0.05, 0) is 40.2 Å². The highest BCUT2D eigenvalue weighted by atomic mass is 79.9. The Hall–Kier alpha value is -1.46. The molecule has 0 aliphatic rings. The molecule has 2 N–H and O–H groups in total. The van der Waals surface area contributed by atoms with Crippen molar-refractivity contribution in [1.29, 1.82) is 0 Å². The first kappa shape index (κ1) is 14.0. The van der Waals surface area contributed by atoms with Crippen LogP contribution in [0.5, 0.6) is 0 Å². The van der Waals surface area contributed by atoms with E-state index in [1.807, 2.05) is 0 Å². The lowest BCUT2D eigenvalue weighted by Gasteiger charge is -2.14. The summed E-state index contributed by atoms with van der Waals surface area (Å²) in [7, 11) is 0. The summed E-state index contributed by atoms with van der Waals surface area (Å²) in [4.78, 5) is 0. The van der Waals surface area contributed by atoms with Gasteiger partial charge in [-0.25, -0.2) is 8.78 Å². The minimum absolute atomic E-state index is 0.138. The molecule has 0 aliphatic carbocycles. The van der Waals surface area contributed by atoms with Gasteiger partial charge >= 0.3 is 0 Å². The van der Waals surface area contributed by atoms with E-state index in [4.69, 9.17) is 0 Å². The summed E-state index contributed by atoms with van der Waals surface area (Å²) in [5, 5.41) is 12.8. The number of nitrogens with one attached hydrogen (secondary N) is 1. The molecule has 0 amide bonds. The molecular formula is C14H12BrF2NO. The monoisotopic (exact) mass is 327 g/mol. The van der Waals surface area contributed by atoms with Crippen LogP contribution in [0.2, 0.25) is 0 Å². The molecule has 0 saturated heterocycles. The van der Waals surface area contributed by atoms with E-state index in [0.717, 1.165) is 0 Å². The van der Waals surface area contributed by atoms with Crippen LogP contribution >= 0.6 is 15.9 Å². The quantitative estimate of drug-likeness (QED) is 0.893. The van der Waals surface area contributed by atoms with E-state index in [1.165, 1.54) is 18.2 Å². The predicted molar refractivity (Wildman–Crippen MR) is 73.9 cm³/mol. The molecule has 5 heteroatoms. The van der Waals surface area contributed by atoms with Gasteiger partial charge in [0.05, 0.1) is 10.6 Å². The van der Waals surface area contributed by atoms with Crippen molar-refractivity contribution in [3.63, 3.8) is 0 Å². The molecule has 19 heavy (non-hydrogen) atoms. The summed E-state index contributed by atoms with van der Waals surface area (Å²) in [5.74, 6) is -0.808. The van der Waals surface area contributed by atoms with Gasteiger partial charge in [0, 0.05) is 17.8 Å². The van der Waals surface area contributed by atoms with Crippen LogP contribution in [0.15, 0.2) is 46.9 Å². The smallest absolute Gasteiger partial charge is 0.137 e. The Morgan fingerprint density at radius 3 is 2.53 bits per heavy atom. The molecule has 2 rings (SSSR count). The standard InChI is InChI=1S/C14H12BrF2NO/c15-11-7-9(5-6-13(11)17)18-8-14(19)10-3-1-2-4-12(10)16/h1-7,14,18-19H,8H2. The molecule has 0 aromatic heterocycles. The van der Waals surface area contributed by atoms with Crippen LogP contribution in [0.3, 0.4) is 0 Å². The zero-order valence-electron chi connectivity index (χ0n) is 9.91. The molecular weight excluding hydrogens is 316 g/mol. The highest BCUT2D eigenvalue weighted by Crippen LogP contribution is 2.21. The fourth-order valence-electron chi connectivity index (χ4n) is 1.68. The Kier molecular flexibility index (Phi) is 4.50. The van der Waals surface area contributed by atoms with Crippen LogP contribution in [-0.2, 0) is 0 Å². The molecule has 0 bridgehead atoms. The molecule has 1 atom stereocenters. The van der Waals surface area contributed by atoms with Crippen molar-refractivity contribution in [2.75, 3.05) is 11.9 Å². The van der Waals surface area contributed by atoms with Gasteiger partial charge in [-0.15, -0.1) is 0 Å². The van der Waals surface area contributed by atoms with Crippen molar-refractivity contribution >= 4 is 21.6 Å². The number of rotatable bonds is 4. The van der Waals surface area contributed by atoms with E-state index in [1.54, 1.807) is 24.3 Å². The largest absolute Gasteiger partial charge is 0.386 e. The van der Waals surface area contributed by atoms with Crippen LogP contribution in [0.1, 0.15) is 11.7 Å². The summed E-state index contributed by atoms with van der Waals surface area (Å²) in [6, 6.07) is 10.5. The van der Waals surface area contributed by atoms with E-state index in [-0.39, 0.29) is 17.9 Å². The third-order valence-electron chi connectivity index (χ3n) is 2.68. The molecule has 1 unspecified atom stereocenters. The number of hydrogen-bond donors (Lipinski definition) is 2. The summed E-state index contributed by atoms with van der Waals surface area (Å²) in [6.45, 7) is 0.138. The number of halogens is 3. The second-order valence-electron chi connectivity index (χ2n) is 4.05. The molecule has 0 aliphatic heterocycles. The third kappa shape index (κ3) is 3.52. The molecule has 2 aromatic rings. The minimum atomic E-state index is -0.968. The lowest BCUT2D eigenvalue weighted by molar-refractivity contribution is 0.186. The molecule has 0 fully saturated rings. The maximum Gasteiger partial charge on any atom is 0.137 e. The fourth-order valence-corrected chi connectivity index (χ4v) is 2.05. The number of aliphatic hydroxyl groups excluding tert-OH is 1. The lowest BCUT2D eigenvalue weighted by Crippen LogP contribution is -2.13. The maximum atomic E-state index is 13.4. The molecule has 0 radical (unpaired) electrons. The number of benzene rings is 2. The van der Waals surface area contributed by atoms with Gasteiger partial charge in [-0.2, -0.15) is 0 Å². The van der Waals surface area contributed by atoms with E-state index in [2.05, 4.69) is 21.2 Å². The Balaban J connectivity index is 2.02. The normalized spacial score (nSPS) is 12.2. The first-order valence-electron chi connectivity index (χ1n) is 5.69. The van der Waals surface area contributed by atoms with E-state index in [0.29, 0.717) is 10.2 Å². The Bertz CT molecular complexity index is 577. The van der Waals surface area contributed by atoms with Gasteiger partial charge in [0.25, 0.3) is 0 Å². The molecule has 0 saturated carbocycles. The Morgan fingerprint density at radius 2 is 1.84 bits per heavy atom. The minimum Gasteiger partial charge on any atom is -0.386 e. The highest BCUT2D eigenvalue weighted by Gasteiger charge is 2.11. The number of hydrogen-bond acceptors (Lipinski definition) is 2. The second-order valence-corrected chi connectivity index (χ2v) is 4.90. The van der Waals surface area contributed by atoms with Crippen molar-refractivity contribution in [3.05, 3.63) is 64.1 Å². The van der Waals surface area contributed by atoms with Crippen LogP contribution in [0, 0.1) is 11.6 Å².